The smallest absolute Gasteiger partial charge is 0.344 e. The summed E-state index contributed by atoms with van der Waals surface area (Å²) >= 11 is 6.21. The molecule has 0 spiro atoms. The molecular formula is C21H26ClNO3. The molecule has 0 aliphatic heterocycles. The van der Waals surface area contributed by atoms with Crippen LogP contribution in [0.15, 0.2) is 36.7 Å². The molecule has 26 heavy (non-hydrogen) atoms. The number of benzene rings is 1. The summed E-state index contributed by atoms with van der Waals surface area (Å²) in [6.07, 6.45) is 4.51. The van der Waals surface area contributed by atoms with E-state index in [9.17, 15) is 4.79 Å². The highest BCUT2D eigenvalue weighted by atomic mass is 35.5. The van der Waals surface area contributed by atoms with E-state index in [1.807, 2.05) is 39.1 Å². The first kappa shape index (κ1) is 20.2. The average Bonchev–Trinajstić information content (AvgIpc) is 2.52. The topological polar surface area (TPSA) is 48.4 Å². The van der Waals surface area contributed by atoms with Crippen LogP contribution in [0.4, 0.5) is 0 Å². The molecule has 4 nitrogen and oxygen atoms in total. The normalized spacial score (nSPS) is 11.5. The summed E-state index contributed by atoms with van der Waals surface area (Å²) in [5, 5.41) is 0.601. The molecule has 0 radical (unpaired) electrons. The van der Waals surface area contributed by atoms with Crippen molar-refractivity contribution < 1.29 is 14.3 Å². The zero-order chi connectivity index (χ0) is 19.3. The van der Waals surface area contributed by atoms with Gasteiger partial charge in [0.25, 0.3) is 0 Å². The van der Waals surface area contributed by atoms with E-state index in [2.05, 4.69) is 18.8 Å². The number of aromatic nitrogens is 1. The van der Waals surface area contributed by atoms with Crippen LogP contribution < -0.4 is 4.74 Å². The summed E-state index contributed by atoms with van der Waals surface area (Å²) < 4.78 is 11.1. The Hall–Kier alpha value is -2.07. The van der Waals surface area contributed by atoms with Crippen molar-refractivity contribution in [2.24, 2.45) is 5.92 Å². The molecule has 140 valence electrons. The number of rotatable bonds is 6. The molecule has 0 aliphatic rings. The highest BCUT2D eigenvalue weighted by molar-refractivity contribution is 6.31. The molecule has 0 atom stereocenters. The number of pyridine rings is 1. The third-order valence-corrected chi connectivity index (χ3v) is 3.77. The van der Waals surface area contributed by atoms with Gasteiger partial charge in [0.1, 0.15) is 11.4 Å². The summed E-state index contributed by atoms with van der Waals surface area (Å²) in [6.45, 7) is 9.65. The Labute approximate surface area is 160 Å². The van der Waals surface area contributed by atoms with Gasteiger partial charge in [-0.05, 0) is 62.9 Å². The summed E-state index contributed by atoms with van der Waals surface area (Å²) in [4.78, 5) is 16.2. The van der Waals surface area contributed by atoms with Gasteiger partial charge in [0.15, 0.2) is 6.61 Å². The molecular weight excluding hydrogens is 350 g/mol. The first-order valence-corrected chi connectivity index (χ1v) is 9.11. The van der Waals surface area contributed by atoms with E-state index in [-0.39, 0.29) is 6.61 Å². The van der Waals surface area contributed by atoms with Crippen molar-refractivity contribution in [1.82, 2.24) is 4.98 Å². The number of ether oxygens (including phenoxy) is 2. The second kappa shape index (κ2) is 8.54. The fourth-order valence-electron chi connectivity index (χ4n) is 2.63. The molecule has 2 aromatic rings. The molecule has 0 aliphatic carbocycles. The van der Waals surface area contributed by atoms with E-state index < -0.39 is 11.6 Å². The molecule has 1 heterocycles. The monoisotopic (exact) mass is 375 g/mol. The molecule has 0 saturated carbocycles. The Morgan fingerprint density at radius 2 is 1.92 bits per heavy atom. The Morgan fingerprint density at radius 1 is 1.19 bits per heavy atom. The Morgan fingerprint density at radius 3 is 2.58 bits per heavy atom. The van der Waals surface area contributed by atoms with Crippen LogP contribution in [0.25, 0.3) is 11.1 Å². The maximum atomic E-state index is 12.0. The largest absolute Gasteiger partial charge is 0.481 e. The Kier molecular flexibility index (Phi) is 6.65. The van der Waals surface area contributed by atoms with Gasteiger partial charge < -0.3 is 9.47 Å². The van der Waals surface area contributed by atoms with E-state index in [4.69, 9.17) is 21.1 Å². The molecule has 0 N–H and O–H groups in total. The zero-order valence-corrected chi connectivity index (χ0v) is 16.8. The summed E-state index contributed by atoms with van der Waals surface area (Å²) in [5.41, 5.74) is 2.41. The number of esters is 1. The number of carbonyl (C=O) groups is 1. The van der Waals surface area contributed by atoms with Gasteiger partial charge in [-0.25, -0.2) is 4.79 Å². The van der Waals surface area contributed by atoms with Gasteiger partial charge in [0.2, 0.25) is 0 Å². The van der Waals surface area contributed by atoms with E-state index >= 15 is 0 Å². The minimum absolute atomic E-state index is 0.161. The van der Waals surface area contributed by atoms with Gasteiger partial charge in [-0.1, -0.05) is 25.4 Å². The SMILES string of the molecule is CC(C)Cc1ccncc1-c1cc(Cl)ccc1OCC(=O)OC(C)(C)C. The van der Waals surface area contributed by atoms with Crippen LogP contribution in [0.5, 0.6) is 5.75 Å². The van der Waals surface area contributed by atoms with Crippen molar-refractivity contribution in [3.8, 4) is 16.9 Å². The van der Waals surface area contributed by atoms with E-state index in [0.717, 1.165) is 17.5 Å². The number of halogens is 1. The molecule has 2 rings (SSSR count). The minimum atomic E-state index is -0.545. The van der Waals surface area contributed by atoms with Gasteiger partial charge in [-0.15, -0.1) is 0 Å². The predicted molar refractivity (Wildman–Crippen MR) is 105 cm³/mol. The Balaban J connectivity index is 2.30. The van der Waals surface area contributed by atoms with Crippen molar-refractivity contribution in [3.63, 3.8) is 0 Å². The van der Waals surface area contributed by atoms with Crippen molar-refractivity contribution in [3.05, 3.63) is 47.2 Å². The fraction of sp³-hybridized carbons (Fsp3) is 0.429. The number of hydrogen-bond donors (Lipinski definition) is 0. The van der Waals surface area contributed by atoms with Crippen LogP contribution in [0, 0.1) is 5.92 Å². The first-order valence-electron chi connectivity index (χ1n) is 8.73. The highest BCUT2D eigenvalue weighted by Gasteiger charge is 2.18. The second-order valence-electron chi connectivity index (χ2n) is 7.65. The quantitative estimate of drug-likeness (QED) is 0.641. The van der Waals surface area contributed by atoms with Crippen LogP contribution in [0.1, 0.15) is 40.2 Å². The van der Waals surface area contributed by atoms with Crippen LogP contribution in [0.3, 0.4) is 0 Å². The maximum absolute atomic E-state index is 12.0. The molecule has 5 heteroatoms. The Bertz CT molecular complexity index is 766. The number of carbonyl (C=O) groups excluding carboxylic acids is 1. The van der Waals surface area contributed by atoms with Crippen LogP contribution in [-0.4, -0.2) is 23.2 Å². The van der Waals surface area contributed by atoms with Gasteiger partial charge in [0.05, 0.1) is 0 Å². The highest BCUT2D eigenvalue weighted by Crippen LogP contribution is 2.35. The molecule has 1 aromatic carbocycles. The molecule has 0 unspecified atom stereocenters. The maximum Gasteiger partial charge on any atom is 0.344 e. The van der Waals surface area contributed by atoms with Gasteiger partial charge in [-0.2, -0.15) is 0 Å². The van der Waals surface area contributed by atoms with Crippen molar-refractivity contribution in [2.45, 2.75) is 46.6 Å². The van der Waals surface area contributed by atoms with E-state index in [0.29, 0.717) is 16.7 Å². The van der Waals surface area contributed by atoms with Crippen molar-refractivity contribution in [1.29, 1.82) is 0 Å². The number of hydrogen-bond acceptors (Lipinski definition) is 4. The summed E-state index contributed by atoms with van der Waals surface area (Å²) in [6, 6.07) is 7.36. The molecule has 0 bridgehead atoms. The standard InChI is InChI=1S/C21H26ClNO3/c1-14(2)10-15-8-9-23-12-18(15)17-11-16(22)6-7-19(17)25-13-20(24)26-21(3,4)5/h6-9,11-12,14H,10,13H2,1-5H3. The molecule has 0 fully saturated rings. The summed E-state index contributed by atoms with van der Waals surface area (Å²) in [5.74, 6) is 0.673. The number of nitrogens with zero attached hydrogens (tertiary/aromatic N) is 1. The van der Waals surface area contributed by atoms with Crippen LogP contribution in [-0.2, 0) is 16.0 Å². The lowest BCUT2D eigenvalue weighted by molar-refractivity contribution is -0.157. The van der Waals surface area contributed by atoms with Gasteiger partial charge in [-0.3, -0.25) is 4.98 Å². The lowest BCUT2D eigenvalue weighted by Crippen LogP contribution is -2.27. The van der Waals surface area contributed by atoms with Crippen molar-refractivity contribution >= 4 is 17.6 Å². The first-order chi connectivity index (χ1) is 12.2. The molecule has 1 aromatic heterocycles. The van der Waals surface area contributed by atoms with E-state index in [1.54, 1.807) is 18.3 Å². The van der Waals surface area contributed by atoms with Crippen LogP contribution >= 0.6 is 11.6 Å². The second-order valence-corrected chi connectivity index (χ2v) is 8.08. The molecule has 0 saturated heterocycles. The summed E-state index contributed by atoms with van der Waals surface area (Å²) in [7, 11) is 0. The van der Waals surface area contributed by atoms with Crippen LogP contribution in [0.2, 0.25) is 5.02 Å². The zero-order valence-electron chi connectivity index (χ0n) is 16.0. The van der Waals surface area contributed by atoms with Gasteiger partial charge >= 0.3 is 5.97 Å². The minimum Gasteiger partial charge on any atom is -0.481 e. The average molecular weight is 376 g/mol. The van der Waals surface area contributed by atoms with E-state index in [1.165, 1.54) is 5.56 Å². The fourth-order valence-corrected chi connectivity index (χ4v) is 2.80. The lowest BCUT2D eigenvalue weighted by Gasteiger charge is -2.20. The third kappa shape index (κ3) is 6.03. The van der Waals surface area contributed by atoms with Crippen molar-refractivity contribution in [2.75, 3.05) is 6.61 Å². The lowest BCUT2D eigenvalue weighted by atomic mass is 9.95. The van der Waals surface area contributed by atoms with Gasteiger partial charge in [0, 0.05) is 28.5 Å². The molecule has 0 amide bonds. The third-order valence-electron chi connectivity index (χ3n) is 3.54. The predicted octanol–water partition coefficient (Wildman–Crippen LogP) is 5.32.